The van der Waals surface area contributed by atoms with E-state index < -0.39 is 17.3 Å². The van der Waals surface area contributed by atoms with Gasteiger partial charge in [0.05, 0.1) is 18.6 Å². The SMILES string of the molecule is CC(C)NC(=O)CCOc1ccc(C(=O)O)c(F)c1. The number of aromatic carboxylic acids is 1. The molecule has 0 atom stereocenters. The second-order valence-corrected chi connectivity index (χ2v) is 4.27. The fourth-order valence-electron chi connectivity index (χ4n) is 1.41. The first-order chi connectivity index (χ1) is 8.90. The van der Waals surface area contributed by atoms with Gasteiger partial charge in [-0.25, -0.2) is 9.18 Å². The highest BCUT2D eigenvalue weighted by molar-refractivity contribution is 5.88. The molecular weight excluding hydrogens is 253 g/mol. The standard InChI is InChI=1S/C13H16FNO4/c1-8(2)15-12(16)5-6-19-9-3-4-10(13(17)18)11(14)7-9/h3-4,7-8H,5-6H2,1-2H3,(H,15,16)(H,17,18). The van der Waals surface area contributed by atoms with Gasteiger partial charge in [0.15, 0.2) is 0 Å². The Bertz CT molecular complexity index is 474. The summed E-state index contributed by atoms with van der Waals surface area (Å²) in [5, 5.41) is 11.3. The largest absolute Gasteiger partial charge is 0.493 e. The minimum Gasteiger partial charge on any atom is -0.493 e. The lowest BCUT2D eigenvalue weighted by Crippen LogP contribution is -2.31. The number of amides is 1. The molecule has 19 heavy (non-hydrogen) atoms. The van der Waals surface area contributed by atoms with Crippen molar-refractivity contribution in [2.75, 3.05) is 6.61 Å². The quantitative estimate of drug-likeness (QED) is 0.826. The summed E-state index contributed by atoms with van der Waals surface area (Å²) >= 11 is 0. The van der Waals surface area contributed by atoms with Gasteiger partial charge in [0.25, 0.3) is 0 Å². The Kier molecular flexibility index (Phi) is 5.29. The van der Waals surface area contributed by atoms with Crippen molar-refractivity contribution < 1.29 is 23.8 Å². The van der Waals surface area contributed by atoms with Gasteiger partial charge in [0.1, 0.15) is 11.6 Å². The highest BCUT2D eigenvalue weighted by atomic mass is 19.1. The summed E-state index contributed by atoms with van der Waals surface area (Å²) in [6.45, 7) is 3.79. The Morgan fingerprint density at radius 3 is 2.63 bits per heavy atom. The summed E-state index contributed by atoms with van der Waals surface area (Å²) in [5.41, 5.74) is -0.412. The van der Waals surface area contributed by atoms with E-state index in [-0.39, 0.29) is 30.7 Å². The second-order valence-electron chi connectivity index (χ2n) is 4.27. The maximum atomic E-state index is 13.3. The van der Waals surface area contributed by atoms with E-state index in [4.69, 9.17) is 9.84 Å². The molecule has 0 spiro atoms. The first-order valence-corrected chi connectivity index (χ1v) is 5.85. The van der Waals surface area contributed by atoms with Crippen LogP contribution in [0.1, 0.15) is 30.6 Å². The monoisotopic (exact) mass is 269 g/mol. The summed E-state index contributed by atoms with van der Waals surface area (Å²) in [6.07, 6.45) is 0.153. The number of ether oxygens (including phenoxy) is 1. The van der Waals surface area contributed by atoms with Crippen LogP contribution in [-0.4, -0.2) is 29.6 Å². The Hall–Kier alpha value is -2.11. The summed E-state index contributed by atoms with van der Waals surface area (Å²) in [5.74, 6) is -2.16. The lowest BCUT2D eigenvalue weighted by atomic mass is 10.2. The fourth-order valence-corrected chi connectivity index (χ4v) is 1.41. The summed E-state index contributed by atoms with van der Waals surface area (Å²) in [6, 6.07) is 3.53. The molecule has 0 aliphatic carbocycles. The van der Waals surface area contributed by atoms with Gasteiger partial charge in [-0.2, -0.15) is 0 Å². The van der Waals surface area contributed by atoms with Crippen molar-refractivity contribution in [1.29, 1.82) is 0 Å². The fraction of sp³-hybridized carbons (Fsp3) is 0.385. The predicted octanol–water partition coefficient (Wildman–Crippen LogP) is 1.82. The summed E-state index contributed by atoms with van der Waals surface area (Å²) < 4.78 is 18.5. The molecule has 1 aromatic rings. The van der Waals surface area contributed by atoms with Crippen molar-refractivity contribution in [2.24, 2.45) is 0 Å². The third-order valence-electron chi connectivity index (χ3n) is 2.22. The molecule has 0 unspecified atom stereocenters. The van der Waals surface area contributed by atoms with Crippen molar-refractivity contribution in [2.45, 2.75) is 26.3 Å². The van der Waals surface area contributed by atoms with E-state index in [9.17, 15) is 14.0 Å². The van der Waals surface area contributed by atoms with Gasteiger partial charge in [-0.3, -0.25) is 4.79 Å². The Labute approximate surface area is 110 Å². The molecule has 0 heterocycles. The smallest absolute Gasteiger partial charge is 0.338 e. The van der Waals surface area contributed by atoms with Gasteiger partial charge in [-0.05, 0) is 26.0 Å². The van der Waals surface area contributed by atoms with Crippen molar-refractivity contribution in [3.8, 4) is 5.75 Å². The number of carboxylic acid groups (broad SMARTS) is 1. The van der Waals surface area contributed by atoms with Crippen LogP contribution in [0.3, 0.4) is 0 Å². The van der Waals surface area contributed by atoms with Crippen LogP contribution in [0.25, 0.3) is 0 Å². The number of hydrogen-bond acceptors (Lipinski definition) is 3. The molecule has 0 aliphatic rings. The van der Waals surface area contributed by atoms with Gasteiger partial charge in [0, 0.05) is 12.1 Å². The number of carbonyl (C=O) groups is 2. The van der Waals surface area contributed by atoms with Gasteiger partial charge in [-0.1, -0.05) is 0 Å². The molecule has 1 rings (SSSR count). The van der Waals surface area contributed by atoms with Crippen LogP contribution in [0.2, 0.25) is 0 Å². The van der Waals surface area contributed by atoms with Crippen LogP contribution >= 0.6 is 0 Å². The average molecular weight is 269 g/mol. The summed E-state index contributed by atoms with van der Waals surface area (Å²) in [4.78, 5) is 21.9. The molecule has 0 aromatic heterocycles. The molecule has 1 amide bonds. The number of rotatable bonds is 6. The summed E-state index contributed by atoms with van der Waals surface area (Å²) in [7, 11) is 0. The Balaban J connectivity index is 2.48. The molecule has 0 saturated heterocycles. The molecule has 6 heteroatoms. The number of halogens is 1. The Morgan fingerprint density at radius 1 is 1.42 bits per heavy atom. The number of carboxylic acids is 1. The van der Waals surface area contributed by atoms with E-state index in [0.717, 1.165) is 12.1 Å². The zero-order chi connectivity index (χ0) is 14.4. The first-order valence-electron chi connectivity index (χ1n) is 5.85. The Morgan fingerprint density at radius 2 is 2.11 bits per heavy atom. The molecule has 0 bridgehead atoms. The molecule has 0 aliphatic heterocycles. The topological polar surface area (TPSA) is 75.6 Å². The predicted molar refractivity (Wildman–Crippen MR) is 66.8 cm³/mol. The van der Waals surface area contributed by atoms with Crippen molar-refractivity contribution >= 4 is 11.9 Å². The minimum absolute atomic E-state index is 0.0554. The molecule has 104 valence electrons. The molecule has 2 N–H and O–H groups in total. The van der Waals surface area contributed by atoms with E-state index >= 15 is 0 Å². The maximum Gasteiger partial charge on any atom is 0.338 e. The highest BCUT2D eigenvalue weighted by Crippen LogP contribution is 2.16. The highest BCUT2D eigenvalue weighted by Gasteiger charge is 2.11. The molecule has 5 nitrogen and oxygen atoms in total. The molecule has 0 saturated carbocycles. The van der Waals surface area contributed by atoms with E-state index in [1.165, 1.54) is 6.07 Å². The van der Waals surface area contributed by atoms with Crippen molar-refractivity contribution in [3.63, 3.8) is 0 Å². The minimum atomic E-state index is -1.33. The van der Waals surface area contributed by atoms with Crippen LogP contribution in [-0.2, 0) is 4.79 Å². The van der Waals surface area contributed by atoms with Gasteiger partial charge >= 0.3 is 5.97 Å². The van der Waals surface area contributed by atoms with Gasteiger partial charge < -0.3 is 15.2 Å². The molecule has 1 aromatic carbocycles. The van der Waals surface area contributed by atoms with Crippen LogP contribution in [0, 0.1) is 5.82 Å². The maximum absolute atomic E-state index is 13.3. The van der Waals surface area contributed by atoms with E-state index in [1.54, 1.807) is 0 Å². The van der Waals surface area contributed by atoms with Crippen LogP contribution in [0.4, 0.5) is 4.39 Å². The van der Waals surface area contributed by atoms with E-state index in [1.807, 2.05) is 13.8 Å². The van der Waals surface area contributed by atoms with Crippen LogP contribution < -0.4 is 10.1 Å². The van der Waals surface area contributed by atoms with Gasteiger partial charge in [-0.15, -0.1) is 0 Å². The first kappa shape index (κ1) is 14.9. The van der Waals surface area contributed by atoms with Crippen molar-refractivity contribution in [3.05, 3.63) is 29.6 Å². The third kappa shape index (κ3) is 4.95. The van der Waals surface area contributed by atoms with E-state index in [0.29, 0.717) is 0 Å². The van der Waals surface area contributed by atoms with Crippen molar-refractivity contribution in [1.82, 2.24) is 5.32 Å². The zero-order valence-corrected chi connectivity index (χ0v) is 10.8. The lowest BCUT2D eigenvalue weighted by Gasteiger charge is -2.09. The molecule has 0 fully saturated rings. The second kappa shape index (κ2) is 6.72. The number of hydrogen-bond donors (Lipinski definition) is 2. The van der Waals surface area contributed by atoms with Crippen LogP contribution in [0.15, 0.2) is 18.2 Å². The average Bonchev–Trinajstić information content (AvgIpc) is 2.27. The molecular formula is C13H16FNO4. The number of carbonyl (C=O) groups excluding carboxylic acids is 1. The van der Waals surface area contributed by atoms with Gasteiger partial charge in [0.2, 0.25) is 5.91 Å². The van der Waals surface area contributed by atoms with Crippen LogP contribution in [0.5, 0.6) is 5.75 Å². The zero-order valence-electron chi connectivity index (χ0n) is 10.8. The third-order valence-corrected chi connectivity index (χ3v) is 2.22. The number of benzene rings is 1. The lowest BCUT2D eigenvalue weighted by molar-refractivity contribution is -0.122. The number of nitrogens with one attached hydrogen (secondary N) is 1. The molecule has 0 radical (unpaired) electrons. The normalized spacial score (nSPS) is 10.3. The van der Waals surface area contributed by atoms with E-state index in [2.05, 4.69) is 5.32 Å².